The smallest absolute Gasteiger partial charge is 0.310 e. The molecule has 1 aromatic heterocycles. The van der Waals surface area contributed by atoms with Gasteiger partial charge in [-0.3, -0.25) is 9.78 Å². The highest BCUT2D eigenvalue weighted by molar-refractivity contribution is 6.17. The molecule has 0 atom stereocenters. The molecule has 15 heavy (non-hydrogen) atoms. The third-order valence-electron chi connectivity index (χ3n) is 1.66. The molecule has 0 amide bonds. The van der Waals surface area contributed by atoms with Crippen molar-refractivity contribution in [1.82, 2.24) is 4.98 Å². The van der Waals surface area contributed by atoms with Gasteiger partial charge in [-0.1, -0.05) is 6.07 Å². The summed E-state index contributed by atoms with van der Waals surface area (Å²) < 4.78 is 4.82. The first-order valence-corrected chi connectivity index (χ1v) is 4.94. The molecule has 0 bridgehead atoms. The summed E-state index contributed by atoms with van der Waals surface area (Å²) in [6, 6.07) is 1.86. The van der Waals surface area contributed by atoms with E-state index in [1.807, 2.05) is 6.07 Å². The van der Waals surface area contributed by atoms with Gasteiger partial charge in [0.05, 0.1) is 13.0 Å². The molecule has 5 heteroatoms. The molecule has 1 heterocycles. The van der Waals surface area contributed by atoms with Crippen molar-refractivity contribution in [3.8, 4) is 0 Å². The van der Waals surface area contributed by atoms with Gasteiger partial charge < -0.3 is 4.74 Å². The molecule has 0 radical (unpaired) electrons. The van der Waals surface area contributed by atoms with E-state index in [2.05, 4.69) is 4.98 Å². The summed E-state index contributed by atoms with van der Waals surface area (Å²) in [5.41, 5.74) is 1.75. The molecular formula is C10H13Cl2NO2. The normalized spacial score (nSPS) is 9.20. The number of pyridine rings is 1. The van der Waals surface area contributed by atoms with E-state index in [0.29, 0.717) is 12.5 Å². The molecule has 0 unspecified atom stereocenters. The van der Waals surface area contributed by atoms with Crippen molar-refractivity contribution in [1.29, 1.82) is 0 Å². The molecular weight excluding hydrogens is 237 g/mol. The fourth-order valence-corrected chi connectivity index (χ4v) is 1.24. The number of carbonyl (C=O) groups is 1. The summed E-state index contributed by atoms with van der Waals surface area (Å²) >= 11 is 5.64. The Morgan fingerprint density at radius 3 is 2.73 bits per heavy atom. The molecule has 0 aliphatic rings. The predicted octanol–water partition coefficient (Wildman–Crippen LogP) is 2.35. The minimum absolute atomic E-state index is 0. The Bertz CT molecular complexity index is 318. The number of hydrogen-bond donors (Lipinski definition) is 0. The maximum absolute atomic E-state index is 11.1. The maximum Gasteiger partial charge on any atom is 0.310 e. The zero-order valence-corrected chi connectivity index (χ0v) is 9.98. The highest BCUT2D eigenvalue weighted by atomic mass is 35.5. The minimum Gasteiger partial charge on any atom is -0.466 e. The van der Waals surface area contributed by atoms with Crippen molar-refractivity contribution in [2.24, 2.45) is 0 Å². The van der Waals surface area contributed by atoms with Gasteiger partial charge in [-0.15, -0.1) is 24.0 Å². The molecule has 0 saturated carbocycles. The second-order valence-corrected chi connectivity index (χ2v) is 3.08. The largest absolute Gasteiger partial charge is 0.466 e. The number of nitrogens with zero attached hydrogens (tertiary/aromatic N) is 1. The molecule has 0 aliphatic heterocycles. The van der Waals surface area contributed by atoms with Crippen LogP contribution in [0.3, 0.4) is 0 Å². The van der Waals surface area contributed by atoms with Crippen LogP contribution in [-0.2, 0) is 21.8 Å². The van der Waals surface area contributed by atoms with Gasteiger partial charge in [0.2, 0.25) is 0 Å². The number of hydrogen-bond acceptors (Lipinski definition) is 3. The number of aromatic nitrogens is 1. The lowest BCUT2D eigenvalue weighted by Gasteiger charge is -2.02. The van der Waals surface area contributed by atoms with Gasteiger partial charge in [-0.25, -0.2) is 0 Å². The zero-order chi connectivity index (χ0) is 10.4. The second kappa shape index (κ2) is 7.49. The number of esters is 1. The van der Waals surface area contributed by atoms with Gasteiger partial charge in [0.1, 0.15) is 0 Å². The fourth-order valence-electron chi connectivity index (χ4n) is 1.09. The first-order valence-electron chi connectivity index (χ1n) is 4.40. The van der Waals surface area contributed by atoms with Crippen LogP contribution in [0.25, 0.3) is 0 Å². The summed E-state index contributed by atoms with van der Waals surface area (Å²) in [5, 5.41) is 0. The topological polar surface area (TPSA) is 39.2 Å². The van der Waals surface area contributed by atoms with Crippen LogP contribution in [0.4, 0.5) is 0 Å². The second-order valence-electron chi connectivity index (χ2n) is 2.82. The molecule has 3 nitrogen and oxygen atoms in total. The third kappa shape index (κ3) is 5.00. The monoisotopic (exact) mass is 249 g/mol. The zero-order valence-electron chi connectivity index (χ0n) is 8.40. The molecule has 1 aromatic rings. The van der Waals surface area contributed by atoms with Crippen molar-refractivity contribution >= 4 is 30.0 Å². The Labute approximate surface area is 100 Å². The van der Waals surface area contributed by atoms with Crippen molar-refractivity contribution < 1.29 is 9.53 Å². The summed E-state index contributed by atoms with van der Waals surface area (Å²) in [7, 11) is 0. The Hall–Kier alpha value is -0.800. The number of alkyl halides is 1. The predicted molar refractivity (Wildman–Crippen MR) is 61.4 cm³/mol. The number of carbonyl (C=O) groups excluding carboxylic acids is 1. The van der Waals surface area contributed by atoms with Gasteiger partial charge in [-0.2, -0.15) is 0 Å². The highest BCUT2D eigenvalue weighted by Crippen LogP contribution is 2.06. The van der Waals surface area contributed by atoms with Crippen molar-refractivity contribution in [3.05, 3.63) is 29.6 Å². The van der Waals surface area contributed by atoms with Gasteiger partial charge in [-0.05, 0) is 18.1 Å². The van der Waals surface area contributed by atoms with E-state index < -0.39 is 0 Å². The average molecular weight is 250 g/mol. The van der Waals surface area contributed by atoms with Crippen LogP contribution in [0.1, 0.15) is 18.1 Å². The third-order valence-corrected chi connectivity index (χ3v) is 1.97. The van der Waals surface area contributed by atoms with E-state index in [9.17, 15) is 4.79 Å². The van der Waals surface area contributed by atoms with Gasteiger partial charge >= 0.3 is 5.97 Å². The first kappa shape index (κ1) is 14.2. The molecule has 0 spiro atoms. The van der Waals surface area contributed by atoms with E-state index in [1.165, 1.54) is 0 Å². The van der Waals surface area contributed by atoms with Crippen LogP contribution in [0.15, 0.2) is 18.5 Å². The van der Waals surface area contributed by atoms with Crippen LogP contribution in [0.5, 0.6) is 0 Å². The summed E-state index contributed by atoms with van der Waals surface area (Å²) in [4.78, 5) is 15.1. The van der Waals surface area contributed by atoms with Crippen LogP contribution in [-0.4, -0.2) is 17.6 Å². The van der Waals surface area contributed by atoms with Crippen molar-refractivity contribution in [2.75, 3.05) is 6.61 Å². The summed E-state index contributed by atoms with van der Waals surface area (Å²) in [6.07, 6.45) is 3.58. The van der Waals surface area contributed by atoms with Gasteiger partial charge in [0.15, 0.2) is 0 Å². The van der Waals surface area contributed by atoms with Crippen LogP contribution in [0.2, 0.25) is 0 Å². The van der Waals surface area contributed by atoms with E-state index in [0.717, 1.165) is 11.1 Å². The van der Waals surface area contributed by atoms with Crippen LogP contribution >= 0.6 is 24.0 Å². The number of rotatable bonds is 4. The molecule has 1 rings (SSSR count). The summed E-state index contributed by atoms with van der Waals surface area (Å²) in [6.45, 7) is 2.19. The maximum atomic E-state index is 11.1. The number of halogens is 2. The molecule has 0 N–H and O–H groups in total. The standard InChI is InChI=1S/C10H12ClNO2.ClH/c1-2-14-10(13)4-8-3-9(5-11)7-12-6-8;/h3,6-7H,2,4-5H2,1H3;1H. The van der Waals surface area contributed by atoms with E-state index >= 15 is 0 Å². The van der Waals surface area contributed by atoms with Crippen molar-refractivity contribution in [2.45, 2.75) is 19.2 Å². The van der Waals surface area contributed by atoms with Crippen LogP contribution < -0.4 is 0 Å². The SMILES string of the molecule is CCOC(=O)Cc1cncc(CCl)c1.Cl. The highest BCUT2D eigenvalue weighted by Gasteiger charge is 2.04. The van der Waals surface area contributed by atoms with Crippen LogP contribution in [0, 0.1) is 0 Å². The molecule has 0 fully saturated rings. The Balaban J connectivity index is 0.00000196. The lowest BCUT2D eigenvalue weighted by molar-refractivity contribution is -0.142. The van der Waals surface area contributed by atoms with Gasteiger partial charge in [0, 0.05) is 18.3 Å². The molecule has 0 aliphatic carbocycles. The Morgan fingerprint density at radius 2 is 2.13 bits per heavy atom. The molecule has 84 valence electrons. The summed E-state index contributed by atoms with van der Waals surface area (Å²) in [5.74, 6) is 0.171. The first-order chi connectivity index (χ1) is 6.76. The lowest BCUT2D eigenvalue weighted by Crippen LogP contribution is -2.07. The van der Waals surface area contributed by atoms with Crippen molar-refractivity contribution in [3.63, 3.8) is 0 Å². The average Bonchev–Trinajstić information content (AvgIpc) is 2.18. The molecule has 0 aromatic carbocycles. The van der Waals surface area contributed by atoms with E-state index in [-0.39, 0.29) is 24.8 Å². The van der Waals surface area contributed by atoms with E-state index in [1.54, 1.807) is 19.3 Å². The minimum atomic E-state index is -0.235. The quantitative estimate of drug-likeness (QED) is 0.608. The Morgan fingerprint density at radius 1 is 1.47 bits per heavy atom. The van der Waals surface area contributed by atoms with E-state index in [4.69, 9.17) is 16.3 Å². The lowest BCUT2D eigenvalue weighted by atomic mass is 10.2. The Kier molecular flexibility index (Phi) is 7.09. The fraction of sp³-hybridized carbons (Fsp3) is 0.400. The number of ether oxygens (including phenoxy) is 1. The molecule has 0 saturated heterocycles. The van der Waals surface area contributed by atoms with Gasteiger partial charge in [0.25, 0.3) is 0 Å².